The van der Waals surface area contributed by atoms with Gasteiger partial charge >= 0.3 is 0 Å². The van der Waals surface area contributed by atoms with E-state index >= 15 is 0 Å². The average Bonchev–Trinajstić information content (AvgIpc) is 2.28. The lowest BCUT2D eigenvalue weighted by atomic mass is 9.78. The molecule has 1 heterocycles. The molecule has 1 atom stereocenters. The predicted octanol–water partition coefficient (Wildman–Crippen LogP) is 2.96. The van der Waals surface area contributed by atoms with Crippen LogP contribution in [-0.2, 0) is 12.8 Å². The maximum Gasteiger partial charge on any atom is 0.0419 e. The van der Waals surface area contributed by atoms with Crippen LogP contribution in [0.1, 0.15) is 44.4 Å². The lowest BCUT2D eigenvalue weighted by Gasteiger charge is -2.34. The van der Waals surface area contributed by atoms with Crippen molar-refractivity contribution in [2.75, 3.05) is 6.54 Å². The van der Waals surface area contributed by atoms with E-state index in [1.165, 1.54) is 30.5 Å². The molecule has 1 aromatic heterocycles. The lowest BCUT2D eigenvalue weighted by Crippen LogP contribution is -2.41. The normalized spacial score (nSPS) is 17.8. The van der Waals surface area contributed by atoms with Crippen molar-refractivity contribution in [3.63, 3.8) is 0 Å². The lowest BCUT2D eigenvalue weighted by molar-refractivity contribution is 0.228. The summed E-state index contributed by atoms with van der Waals surface area (Å²) in [5.41, 5.74) is 2.57. The fraction of sp³-hybridized carbons (Fsp3) is 0.667. The van der Waals surface area contributed by atoms with Gasteiger partial charge in [0.25, 0.3) is 0 Å². The average molecular weight is 232 g/mol. The van der Waals surface area contributed by atoms with Gasteiger partial charge in [0.1, 0.15) is 0 Å². The standard InChI is InChI=1S/C15H24N2/c1-3-12-8-9-14(17-11-12)10-15(16-4-2)13-6-5-7-13/h8-9,11,13,15-16H,3-7,10H2,1-2H3. The third-order valence-corrected chi connectivity index (χ3v) is 3.91. The molecule has 1 aliphatic carbocycles. The number of hydrogen-bond acceptors (Lipinski definition) is 2. The van der Waals surface area contributed by atoms with Crippen LogP contribution in [0.4, 0.5) is 0 Å². The van der Waals surface area contributed by atoms with Crippen molar-refractivity contribution in [2.45, 2.75) is 52.0 Å². The van der Waals surface area contributed by atoms with E-state index in [1.54, 1.807) is 0 Å². The predicted molar refractivity (Wildman–Crippen MR) is 72.1 cm³/mol. The minimum Gasteiger partial charge on any atom is -0.314 e. The quantitative estimate of drug-likeness (QED) is 0.815. The van der Waals surface area contributed by atoms with Crippen LogP contribution in [0.25, 0.3) is 0 Å². The Hall–Kier alpha value is -0.890. The fourth-order valence-electron chi connectivity index (χ4n) is 2.52. The van der Waals surface area contributed by atoms with Crippen LogP contribution in [-0.4, -0.2) is 17.6 Å². The first-order chi connectivity index (χ1) is 8.33. The van der Waals surface area contributed by atoms with Gasteiger partial charge in [0.2, 0.25) is 0 Å². The smallest absolute Gasteiger partial charge is 0.0419 e. The molecule has 0 radical (unpaired) electrons. The first kappa shape index (κ1) is 12.6. The van der Waals surface area contributed by atoms with Crippen LogP contribution in [0.15, 0.2) is 18.3 Å². The van der Waals surface area contributed by atoms with Crippen molar-refractivity contribution < 1.29 is 0 Å². The summed E-state index contributed by atoms with van der Waals surface area (Å²) >= 11 is 0. The second-order valence-corrected chi connectivity index (χ2v) is 5.07. The molecule has 2 nitrogen and oxygen atoms in total. The first-order valence-electron chi connectivity index (χ1n) is 7.00. The second-order valence-electron chi connectivity index (χ2n) is 5.07. The Kier molecular flexibility index (Phi) is 4.55. The van der Waals surface area contributed by atoms with Crippen molar-refractivity contribution in [3.05, 3.63) is 29.6 Å². The van der Waals surface area contributed by atoms with Crippen LogP contribution >= 0.6 is 0 Å². The molecule has 0 aliphatic heterocycles. The fourth-order valence-corrected chi connectivity index (χ4v) is 2.52. The third kappa shape index (κ3) is 3.29. The Morgan fingerprint density at radius 1 is 1.35 bits per heavy atom. The molecule has 0 amide bonds. The molecule has 0 spiro atoms. The zero-order valence-electron chi connectivity index (χ0n) is 11.1. The van der Waals surface area contributed by atoms with Gasteiger partial charge in [-0.3, -0.25) is 4.98 Å². The van der Waals surface area contributed by atoms with Gasteiger partial charge in [-0.15, -0.1) is 0 Å². The molecule has 1 fully saturated rings. The zero-order chi connectivity index (χ0) is 12.1. The molecule has 1 N–H and O–H groups in total. The van der Waals surface area contributed by atoms with E-state index in [0.717, 1.165) is 25.3 Å². The molecule has 2 heteroatoms. The molecular weight excluding hydrogens is 208 g/mol. The van der Waals surface area contributed by atoms with E-state index in [-0.39, 0.29) is 0 Å². The summed E-state index contributed by atoms with van der Waals surface area (Å²) in [5.74, 6) is 0.877. The van der Waals surface area contributed by atoms with Crippen LogP contribution in [0.3, 0.4) is 0 Å². The molecule has 1 aromatic rings. The van der Waals surface area contributed by atoms with Gasteiger partial charge in [-0.25, -0.2) is 0 Å². The third-order valence-electron chi connectivity index (χ3n) is 3.91. The summed E-state index contributed by atoms with van der Waals surface area (Å²) in [7, 11) is 0. The van der Waals surface area contributed by atoms with Gasteiger partial charge in [-0.05, 0) is 43.4 Å². The summed E-state index contributed by atoms with van der Waals surface area (Å²) in [5, 5.41) is 3.62. The van der Waals surface area contributed by atoms with E-state index in [4.69, 9.17) is 0 Å². The Labute approximate surface area is 105 Å². The van der Waals surface area contributed by atoms with Gasteiger partial charge in [-0.1, -0.05) is 26.3 Å². The summed E-state index contributed by atoms with van der Waals surface area (Å²) in [4.78, 5) is 4.57. The van der Waals surface area contributed by atoms with Crippen molar-refractivity contribution in [1.29, 1.82) is 0 Å². The van der Waals surface area contributed by atoms with Gasteiger partial charge < -0.3 is 5.32 Å². The number of nitrogens with one attached hydrogen (secondary N) is 1. The van der Waals surface area contributed by atoms with Gasteiger partial charge in [-0.2, -0.15) is 0 Å². The molecule has 0 aromatic carbocycles. The van der Waals surface area contributed by atoms with Gasteiger partial charge in [0, 0.05) is 24.4 Å². The highest BCUT2D eigenvalue weighted by molar-refractivity contribution is 5.15. The SMILES string of the molecule is CCNC(Cc1ccc(CC)cn1)C1CCC1. The van der Waals surface area contributed by atoms with Gasteiger partial charge in [0.15, 0.2) is 0 Å². The molecule has 0 bridgehead atoms. The Bertz CT molecular complexity index is 327. The molecule has 1 aliphatic rings. The molecule has 94 valence electrons. The van der Waals surface area contributed by atoms with Crippen molar-refractivity contribution in [1.82, 2.24) is 10.3 Å². The first-order valence-corrected chi connectivity index (χ1v) is 7.00. The van der Waals surface area contributed by atoms with E-state index in [0.29, 0.717) is 6.04 Å². The second kappa shape index (κ2) is 6.15. The summed E-state index contributed by atoms with van der Waals surface area (Å²) in [6.45, 7) is 5.43. The number of aromatic nitrogens is 1. The number of nitrogens with zero attached hydrogens (tertiary/aromatic N) is 1. The van der Waals surface area contributed by atoms with E-state index in [2.05, 4.69) is 36.3 Å². The number of hydrogen-bond donors (Lipinski definition) is 1. The van der Waals surface area contributed by atoms with E-state index < -0.39 is 0 Å². The molecular formula is C15H24N2. The monoisotopic (exact) mass is 232 g/mol. The zero-order valence-corrected chi connectivity index (χ0v) is 11.1. The minimum absolute atomic E-state index is 0.633. The van der Waals surface area contributed by atoms with E-state index in [9.17, 15) is 0 Å². The molecule has 2 rings (SSSR count). The summed E-state index contributed by atoms with van der Waals surface area (Å²) < 4.78 is 0. The topological polar surface area (TPSA) is 24.9 Å². The highest BCUT2D eigenvalue weighted by Gasteiger charge is 2.26. The molecule has 1 saturated carbocycles. The van der Waals surface area contributed by atoms with Crippen molar-refractivity contribution in [2.24, 2.45) is 5.92 Å². The number of rotatable bonds is 6. The maximum atomic E-state index is 4.57. The van der Waals surface area contributed by atoms with Crippen LogP contribution < -0.4 is 5.32 Å². The molecule has 1 unspecified atom stereocenters. The number of pyridine rings is 1. The molecule has 0 saturated heterocycles. The summed E-state index contributed by atoms with van der Waals surface area (Å²) in [6, 6.07) is 5.04. The van der Waals surface area contributed by atoms with E-state index in [1.807, 2.05) is 6.20 Å². The minimum atomic E-state index is 0.633. The Balaban J connectivity index is 1.95. The Morgan fingerprint density at radius 2 is 2.18 bits per heavy atom. The largest absolute Gasteiger partial charge is 0.314 e. The number of likely N-dealkylation sites (N-methyl/N-ethyl adjacent to an activating group) is 1. The maximum absolute atomic E-state index is 4.57. The summed E-state index contributed by atoms with van der Waals surface area (Å²) in [6.07, 6.45) is 8.39. The van der Waals surface area contributed by atoms with Crippen LogP contribution in [0.2, 0.25) is 0 Å². The van der Waals surface area contributed by atoms with Crippen LogP contribution in [0.5, 0.6) is 0 Å². The highest BCUT2D eigenvalue weighted by atomic mass is 14.9. The Morgan fingerprint density at radius 3 is 2.65 bits per heavy atom. The van der Waals surface area contributed by atoms with Crippen molar-refractivity contribution in [3.8, 4) is 0 Å². The number of aryl methyl sites for hydroxylation is 1. The molecule has 17 heavy (non-hydrogen) atoms. The highest BCUT2D eigenvalue weighted by Crippen LogP contribution is 2.30. The van der Waals surface area contributed by atoms with Crippen LogP contribution in [0, 0.1) is 5.92 Å². The van der Waals surface area contributed by atoms with Crippen molar-refractivity contribution >= 4 is 0 Å². The van der Waals surface area contributed by atoms with Gasteiger partial charge in [0.05, 0.1) is 0 Å².